The molecule has 122 valence electrons. The first-order valence-electron chi connectivity index (χ1n) is 7.97. The SMILES string of the molecule is OCC1CN(Cc2ccccc2)CCC1(O)c1ccc(Br)cc1. The number of benzene rings is 2. The molecule has 2 N–H and O–H groups in total. The number of hydrogen-bond donors (Lipinski definition) is 2. The van der Waals surface area contributed by atoms with Crippen molar-refractivity contribution in [2.75, 3.05) is 19.7 Å². The molecule has 0 bridgehead atoms. The first-order valence-corrected chi connectivity index (χ1v) is 8.76. The van der Waals surface area contributed by atoms with E-state index in [9.17, 15) is 10.2 Å². The molecular formula is C19H22BrNO2. The largest absolute Gasteiger partial charge is 0.396 e. The van der Waals surface area contributed by atoms with Crippen LogP contribution in [0, 0.1) is 5.92 Å². The highest BCUT2D eigenvalue weighted by molar-refractivity contribution is 9.10. The van der Waals surface area contributed by atoms with Crippen molar-refractivity contribution in [2.24, 2.45) is 5.92 Å². The van der Waals surface area contributed by atoms with Crippen LogP contribution in [0.5, 0.6) is 0 Å². The Morgan fingerprint density at radius 1 is 1.09 bits per heavy atom. The molecule has 0 saturated carbocycles. The molecular weight excluding hydrogens is 354 g/mol. The number of likely N-dealkylation sites (tertiary alicyclic amines) is 1. The number of nitrogens with zero attached hydrogens (tertiary/aromatic N) is 1. The predicted molar refractivity (Wildman–Crippen MR) is 95.0 cm³/mol. The smallest absolute Gasteiger partial charge is 0.0970 e. The average Bonchev–Trinajstić information content (AvgIpc) is 2.58. The molecule has 4 heteroatoms. The van der Waals surface area contributed by atoms with Gasteiger partial charge in [-0.25, -0.2) is 0 Å². The molecule has 0 radical (unpaired) electrons. The van der Waals surface area contributed by atoms with Gasteiger partial charge in [-0.1, -0.05) is 58.4 Å². The van der Waals surface area contributed by atoms with Gasteiger partial charge in [0.1, 0.15) is 0 Å². The lowest BCUT2D eigenvalue weighted by Gasteiger charge is -2.44. The number of aliphatic hydroxyl groups excluding tert-OH is 1. The molecule has 3 rings (SSSR count). The third kappa shape index (κ3) is 3.66. The maximum atomic E-state index is 11.2. The highest BCUT2D eigenvalue weighted by atomic mass is 79.9. The van der Waals surface area contributed by atoms with Crippen molar-refractivity contribution in [3.8, 4) is 0 Å². The van der Waals surface area contributed by atoms with Crippen LogP contribution in [0.1, 0.15) is 17.5 Å². The summed E-state index contributed by atoms with van der Waals surface area (Å²) >= 11 is 3.43. The van der Waals surface area contributed by atoms with E-state index in [0.717, 1.165) is 23.1 Å². The monoisotopic (exact) mass is 375 g/mol. The fourth-order valence-corrected chi connectivity index (χ4v) is 3.66. The third-order valence-electron chi connectivity index (χ3n) is 4.78. The van der Waals surface area contributed by atoms with Gasteiger partial charge in [0.25, 0.3) is 0 Å². The standard InChI is InChI=1S/C19H22BrNO2/c20-18-8-6-16(7-9-18)19(23)10-11-21(13-17(19)14-22)12-15-4-2-1-3-5-15/h1-9,17,22-23H,10-14H2. The summed E-state index contributed by atoms with van der Waals surface area (Å²) in [5.41, 5.74) is 1.19. The summed E-state index contributed by atoms with van der Waals surface area (Å²) in [4.78, 5) is 2.31. The molecule has 3 nitrogen and oxygen atoms in total. The van der Waals surface area contributed by atoms with E-state index in [1.165, 1.54) is 5.56 Å². The van der Waals surface area contributed by atoms with E-state index < -0.39 is 5.60 Å². The Labute approximate surface area is 145 Å². The molecule has 0 aliphatic carbocycles. The minimum atomic E-state index is -0.956. The highest BCUT2D eigenvalue weighted by Gasteiger charge is 2.42. The van der Waals surface area contributed by atoms with Gasteiger partial charge in [0.05, 0.1) is 12.2 Å². The average molecular weight is 376 g/mol. The zero-order valence-electron chi connectivity index (χ0n) is 13.0. The van der Waals surface area contributed by atoms with E-state index in [-0.39, 0.29) is 12.5 Å². The van der Waals surface area contributed by atoms with E-state index in [1.54, 1.807) is 0 Å². The summed E-state index contributed by atoms with van der Waals surface area (Å²) in [5, 5.41) is 21.0. The Morgan fingerprint density at radius 2 is 1.78 bits per heavy atom. The van der Waals surface area contributed by atoms with Gasteiger partial charge < -0.3 is 10.2 Å². The van der Waals surface area contributed by atoms with Gasteiger partial charge in [0.15, 0.2) is 0 Å². The summed E-state index contributed by atoms with van der Waals surface area (Å²) in [6.07, 6.45) is 0.632. The normalized spacial score (nSPS) is 25.4. The van der Waals surface area contributed by atoms with Gasteiger partial charge in [0.2, 0.25) is 0 Å². The second-order valence-corrected chi connectivity index (χ2v) is 7.20. The van der Waals surface area contributed by atoms with Gasteiger partial charge in [-0.15, -0.1) is 0 Å². The van der Waals surface area contributed by atoms with Crippen molar-refractivity contribution in [3.63, 3.8) is 0 Å². The van der Waals surface area contributed by atoms with Gasteiger partial charge in [-0.05, 0) is 29.7 Å². The molecule has 0 aromatic heterocycles. The summed E-state index contributed by atoms with van der Waals surface area (Å²) < 4.78 is 0.993. The molecule has 23 heavy (non-hydrogen) atoms. The molecule has 0 spiro atoms. The van der Waals surface area contributed by atoms with E-state index in [2.05, 4.69) is 33.0 Å². The number of rotatable bonds is 4. The molecule has 1 fully saturated rings. The van der Waals surface area contributed by atoms with E-state index in [0.29, 0.717) is 13.0 Å². The molecule has 1 saturated heterocycles. The first-order chi connectivity index (χ1) is 11.1. The van der Waals surface area contributed by atoms with Crippen molar-refractivity contribution < 1.29 is 10.2 Å². The quantitative estimate of drug-likeness (QED) is 0.862. The van der Waals surface area contributed by atoms with Crippen LogP contribution in [0.4, 0.5) is 0 Å². The minimum Gasteiger partial charge on any atom is -0.396 e. The molecule has 1 heterocycles. The second-order valence-electron chi connectivity index (χ2n) is 6.28. The van der Waals surface area contributed by atoms with Crippen LogP contribution < -0.4 is 0 Å². The Balaban J connectivity index is 1.75. The topological polar surface area (TPSA) is 43.7 Å². The lowest BCUT2D eigenvalue weighted by molar-refractivity contribution is -0.0960. The summed E-state index contributed by atoms with van der Waals surface area (Å²) in [7, 11) is 0. The zero-order chi connectivity index (χ0) is 16.3. The lowest BCUT2D eigenvalue weighted by Crippen LogP contribution is -2.51. The van der Waals surface area contributed by atoms with Gasteiger partial charge in [0, 0.05) is 30.0 Å². The summed E-state index contributed by atoms with van der Waals surface area (Å²) in [6, 6.07) is 18.1. The summed E-state index contributed by atoms with van der Waals surface area (Å²) in [6.45, 7) is 2.35. The molecule has 0 amide bonds. The van der Waals surface area contributed by atoms with E-state index >= 15 is 0 Å². The Morgan fingerprint density at radius 3 is 2.43 bits per heavy atom. The molecule has 2 aromatic carbocycles. The van der Waals surface area contributed by atoms with Crippen LogP contribution in [0.3, 0.4) is 0 Å². The van der Waals surface area contributed by atoms with Gasteiger partial charge in [-0.2, -0.15) is 0 Å². The van der Waals surface area contributed by atoms with Crippen LogP contribution in [-0.2, 0) is 12.1 Å². The lowest BCUT2D eigenvalue weighted by atomic mass is 9.76. The van der Waals surface area contributed by atoms with E-state index in [1.807, 2.05) is 42.5 Å². The van der Waals surface area contributed by atoms with Crippen LogP contribution in [-0.4, -0.2) is 34.8 Å². The minimum absolute atomic E-state index is 0.0160. The maximum absolute atomic E-state index is 11.2. The fraction of sp³-hybridized carbons (Fsp3) is 0.368. The second kappa shape index (κ2) is 7.14. The Kier molecular flexibility index (Phi) is 5.17. The number of hydrogen-bond acceptors (Lipinski definition) is 3. The van der Waals surface area contributed by atoms with Crippen molar-refractivity contribution in [3.05, 3.63) is 70.2 Å². The number of piperidine rings is 1. The maximum Gasteiger partial charge on any atom is 0.0970 e. The van der Waals surface area contributed by atoms with Crippen molar-refractivity contribution >= 4 is 15.9 Å². The number of aliphatic hydroxyl groups is 2. The van der Waals surface area contributed by atoms with Crippen LogP contribution in [0.2, 0.25) is 0 Å². The third-order valence-corrected chi connectivity index (χ3v) is 5.31. The van der Waals surface area contributed by atoms with Crippen LogP contribution >= 0.6 is 15.9 Å². The molecule has 2 aromatic rings. The van der Waals surface area contributed by atoms with Crippen molar-refractivity contribution in [1.82, 2.24) is 4.90 Å². The van der Waals surface area contributed by atoms with Gasteiger partial charge in [-0.3, -0.25) is 4.90 Å². The van der Waals surface area contributed by atoms with Crippen LogP contribution in [0.15, 0.2) is 59.1 Å². The Hall–Kier alpha value is -1.20. The molecule has 1 aliphatic heterocycles. The highest BCUT2D eigenvalue weighted by Crippen LogP contribution is 2.38. The van der Waals surface area contributed by atoms with Gasteiger partial charge >= 0.3 is 0 Å². The van der Waals surface area contributed by atoms with E-state index in [4.69, 9.17) is 0 Å². The van der Waals surface area contributed by atoms with Crippen LogP contribution in [0.25, 0.3) is 0 Å². The summed E-state index contributed by atoms with van der Waals surface area (Å²) in [5.74, 6) is -0.180. The van der Waals surface area contributed by atoms with Crippen molar-refractivity contribution in [1.29, 1.82) is 0 Å². The van der Waals surface area contributed by atoms with Crippen molar-refractivity contribution in [2.45, 2.75) is 18.6 Å². The fourth-order valence-electron chi connectivity index (χ4n) is 3.40. The Bertz CT molecular complexity index is 632. The first kappa shape index (κ1) is 16.7. The zero-order valence-corrected chi connectivity index (χ0v) is 14.6. The molecule has 2 unspecified atom stereocenters. The number of halogens is 1. The molecule has 2 atom stereocenters. The predicted octanol–water partition coefficient (Wildman–Crippen LogP) is 3.15. The molecule has 1 aliphatic rings.